The molecule has 2 aromatic carbocycles. The molecule has 1 amide bonds. The van der Waals surface area contributed by atoms with Gasteiger partial charge < -0.3 is 5.32 Å². The molecule has 0 aliphatic rings. The van der Waals surface area contributed by atoms with Gasteiger partial charge in [-0.05, 0) is 30.5 Å². The van der Waals surface area contributed by atoms with Crippen molar-refractivity contribution in [1.82, 2.24) is 14.6 Å². The van der Waals surface area contributed by atoms with Crippen molar-refractivity contribution in [2.75, 3.05) is 11.1 Å². The molecule has 5 nitrogen and oxygen atoms in total. The molecule has 0 spiro atoms. The maximum atomic E-state index is 12.2. The number of nitrogens with one attached hydrogen (secondary N) is 1. The van der Waals surface area contributed by atoms with Crippen molar-refractivity contribution in [3.05, 3.63) is 66.4 Å². The number of thioether (sulfide) groups is 1. The van der Waals surface area contributed by atoms with E-state index in [0.717, 1.165) is 27.7 Å². The van der Waals surface area contributed by atoms with Crippen LogP contribution in [0.4, 0.5) is 5.69 Å². The smallest absolute Gasteiger partial charge is 0.234 e. The van der Waals surface area contributed by atoms with E-state index in [4.69, 9.17) is 0 Å². The molecule has 2 heterocycles. The highest BCUT2D eigenvalue weighted by Crippen LogP contribution is 2.23. The van der Waals surface area contributed by atoms with E-state index < -0.39 is 0 Å². The first kappa shape index (κ1) is 15.7. The number of aromatic nitrogens is 3. The molecule has 0 aliphatic carbocycles. The monoisotopic (exact) mass is 348 g/mol. The summed E-state index contributed by atoms with van der Waals surface area (Å²) < 4.78 is 1.92. The maximum absolute atomic E-state index is 12.2. The number of hydrogen-bond donors (Lipinski definition) is 1. The average molecular weight is 348 g/mol. The van der Waals surface area contributed by atoms with Crippen molar-refractivity contribution in [3.63, 3.8) is 0 Å². The average Bonchev–Trinajstić information content (AvgIpc) is 3.05. The molecule has 0 bridgehead atoms. The molecule has 0 radical (unpaired) electrons. The number of benzene rings is 2. The van der Waals surface area contributed by atoms with Gasteiger partial charge in [0, 0.05) is 17.3 Å². The Morgan fingerprint density at radius 1 is 1.08 bits per heavy atom. The Balaban J connectivity index is 1.50. The molecule has 0 unspecified atom stereocenters. The van der Waals surface area contributed by atoms with Crippen LogP contribution < -0.4 is 5.32 Å². The van der Waals surface area contributed by atoms with Crippen molar-refractivity contribution >= 4 is 39.8 Å². The van der Waals surface area contributed by atoms with Gasteiger partial charge in [0.05, 0.1) is 5.75 Å². The molecule has 0 fully saturated rings. The summed E-state index contributed by atoms with van der Waals surface area (Å²) in [5.74, 6) is 0.216. The van der Waals surface area contributed by atoms with E-state index in [0.29, 0.717) is 5.16 Å². The first-order valence-electron chi connectivity index (χ1n) is 7.92. The van der Waals surface area contributed by atoms with Gasteiger partial charge in [-0.25, -0.2) is 0 Å². The Morgan fingerprint density at radius 2 is 1.88 bits per heavy atom. The molecule has 1 N–H and O–H groups in total. The Morgan fingerprint density at radius 3 is 2.72 bits per heavy atom. The zero-order valence-corrected chi connectivity index (χ0v) is 14.5. The number of aryl methyl sites for hydroxylation is 1. The molecule has 0 atom stereocenters. The number of carbonyl (C=O) groups excluding carboxylic acids is 1. The van der Waals surface area contributed by atoms with E-state index >= 15 is 0 Å². The number of pyridine rings is 1. The van der Waals surface area contributed by atoms with Crippen LogP contribution in [0.2, 0.25) is 0 Å². The van der Waals surface area contributed by atoms with E-state index in [1.165, 1.54) is 11.8 Å². The normalized spacial score (nSPS) is 11.1. The number of nitrogens with zero attached hydrogens (tertiary/aromatic N) is 3. The minimum atomic E-state index is -0.0635. The van der Waals surface area contributed by atoms with E-state index in [9.17, 15) is 4.79 Å². The van der Waals surface area contributed by atoms with E-state index in [1.54, 1.807) is 0 Å². The molecule has 0 aliphatic heterocycles. The molecule has 4 aromatic rings. The first-order valence-corrected chi connectivity index (χ1v) is 8.91. The molecule has 4 rings (SSSR count). The van der Waals surface area contributed by atoms with Crippen molar-refractivity contribution in [3.8, 4) is 0 Å². The number of fused-ring (bicyclic) bond motifs is 3. The summed E-state index contributed by atoms with van der Waals surface area (Å²) in [6, 6.07) is 17.8. The Kier molecular flexibility index (Phi) is 4.11. The summed E-state index contributed by atoms with van der Waals surface area (Å²) in [6.07, 6.45) is 1.94. The van der Waals surface area contributed by atoms with Gasteiger partial charge in [0.15, 0.2) is 10.8 Å². The summed E-state index contributed by atoms with van der Waals surface area (Å²) in [5.41, 5.74) is 2.77. The summed E-state index contributed by atoms with van der Waals surface area (Å²) in [6.45, 7) is 2.02. The SMILES string of the molecule is Cc1ccc(NC(=O)CSc2nnc3c4ccccc4ccn23)cc1. The fraction of sp³-hybridized carbons (Fsp3) is 0.105. The second kappa shape index (κ2) is 6.57. The molecular weight excluding hydrogens is 332 g/mol. The quantitative estimate of drug-likeness (QED) is 0.568. The molecule has 25 heavy (non-hydrogen) atoms. The highest BCUT2D eigenvalue weighted by Gasteiger charge is 2.11. The van der Waals surface area contributed by atoms with Crippen LogP contribution in [0.1, 0.15) is 5.56 Å². The van der Waals surface area contributed by atoms with E-state index in [-0.39, 0.29) is 11.7 Å². The second-order valence-electron chi connectivity index (χ2n) is 5.78. The Labute approximate surface area is 149 Å². The second-order valence-corrected chi connectivity index (χ2v) is 6.72. The summed E-state index contributed by atoms with van der Waals surface area (Å²) in [7, 11) is 0. The van der Waals surface area contributed by atoms with Gasteiger partial charge in [0.25, 0.3) is 0 Å². The Hall–Kier alpha value is -2.86. The lowest BCUT2D eigenvalue weighted by molar-refractivity contribution is -0.113. The lowest BCUT2D eigenvalue weighted by Gasteiger charge is -2.05. The minimum absolute atomic E-state index is 0.0635. The summed E-state index contributed by atoms with van der Waals surface area (Å²) in [5, 5.41) is 14.3. The Bertz CT molecular complexity index is 1060. The topological polar surface area (TPSA) is 59.3 Å². The van der Waals surface area contributed by atoms with Crippen LogP contribution in [-0.2, 0) is 4.79 Å². The fourth-order valence-corrected chi connectivity index (χ4v) is 3.38. The lowest BCUT2D eigenvalue weighted by atomic mass is 10.2. The van der Waals surface area contributed by atoms with Crippen molar-refractivity contribution in [1.29, 1.82) is 0 Å². The third-order valence-corrected chi connectivity index (χ3v) is 4.88. The summed E-state index contributed by atoms with van der Waals surface area (Å²) in [4.78, 5) is 12.2. The van der Waals surface area contributed by atoms with Crippen molar-refractivity contribution in [2.24, 2.45) is 0 Å². The van der Waals surface area contributed by atoms with Gasteiger partial charge >= 0.3 is 0 Å². The van der Waals surface area contributed by atoms with Gasteiger partial charge in [0.2, 0.25) is 5.91 Å². The highest BCUT2D eigenvalue weighted by atomic mass is 32.2. The van der Waals surface area contributed by atoms with Crippen molar-refractivity contribution in [2.45, 2.75) is 12.1 Å². The zero-order chi connectivity index (χ0) is 17.2. The van der Waals surface area contributed by atoms with Gasteiger partial charge in [-0.15, -0.1) is 10.2 Å². The first-order chi connectivity index (χ1) is 12.2. The standard InChI is InChI=1S/C19H16N4OS/c1-13-6-8-15(9-7-13)20-17(24)12-25-19-22-21-18-16-5-3-2-4-14(16)10-11-23(18)19/h2-11H,12H2,1H3,(H,20,24). The number of rotatable bonds is 4. The molecule has 0 saturated carbocycles. The van der Waals surface area contributed by atoms with Crippen LogP contribution in [0.3, 0.4) is 0 Å². The third kappa shape index (κ3) is 3.21. The van der Waals surface area contributed by atoms with Crippen LogP contribution in [0.5, 0.6) is 0 Å². The van der Waals surface area contributed by atoms with E-state index in [2.05, 4.69) is 15.5 Å². The predicted octanol–water partition coefficient (Wildman–Crippen LogP) is 3.92. The zero-order valence-electron chi connectivity index (χ0n) is 13.6. The lowest BCUT2D eigenvalue weighted by Crippen LogP contribution is -2.14. The van der Waals surface area contributed by atoms with Crippen LogP contribution in [0, 0.1) is 6.92 Å². The largest absolute Gasteiger partial charge is 0.325 e. The van der Waals surface area contributed by atoms with Gasteiger partial charge in [-0.3, -0.25) is 9.20 Å². The van der Waals surface area contributed by atoms with Crippen molar-refractivity contribution < 1.29 is 4.79 Å². The van der Waals surface area contributed by atoms with Gasteiger partial charge in [-0.1, -0.05) is 53.7 Å². The van der Waals surface area contributed by atoms with E-state index in [1.807, 2.05) is 72.1 Å². The molecule has 0 saturated heterocycles. The molecule has 6 heteroatoms. The molecular formula is C19H16N4OS. The summed E-state index contributed by atoms with van der Waals surface area (Å²) >= 11 is 1.37. The van der Waals surface area contributed by atoms with Gasteiger partial charge in [-0.2, -0.15) is 0 Å². The molecule has 2 aromatic heterocycles. The van der Waals surface area contributed by atoms with Crippen LogP contribution >= 0.6 is 11.8 Å². The fourth-order valence-electron chi connectivity index (χ4n) is 2.66. The third-order valence-electron chi connectivity index (χ3n) is 3.94. The van der Waals surface area contributed by atoms with Crippen LogP contribution in [0.25, 0.3) is 16.4 Å². The number of anilines is 1. The number of amides is 1. The highest BCUT2D eigenvalue weighted by molar-refractivity contribution is 7.99. The van der Waals surface area contributed by atoms with Crippen LogP contribution in [0.15, 0.2) is 66.0 Å². The van der Waals surface area contributed by atoms with Crippen LogP contribution in [-0.4, -0.2) is 26.3 Å². The molecule has 124 valence electrons. The number of carbonyl (C=O) groups is 1. The van der Waals surface area contributed by atoms with Gasteiger partial charge in [0.1, 0.15) is 0 Å². The maximum Gasteiger partial charge on any atom is 0.234 e. The predicted molar refractivity (Wildman–Crippen MR) is 101 cm³/mol. The number of hydrogen-bond acceptors (Lipinski definition) is 4. The minimum Gasteiger partial charge on any atom is -0.325 e.